The molecule has 27 heavy (non-hydrogen) atoms. The number of nitrogens with one attached hydrogen (secondary N) is 1. The molecule has 0 bridgehead atoms. The van der Waals surface area contributed by atoms with Crippen molar-refractivity contribution < 1.29 is 19.0 Å². The number of benzene rings is 1. The summed E-state index contributed by atoms with van der Waals surface area (Å²) in [5, 5.41) is 12.7. The second-order valence-corrected chi connectivity index (χ2v) is 7.07. The molecule has 0 radical (unpaired) electrons. The number of methoxy groups -OCH3 is 1. The fourth-order valence-electron chi connectivity index (χ4n) is 2.46. The minimum atomic E-state index is -0.877. The minimum absolute atomic E-state index is 0.0226. The molecule has 8 heteroatoms. The van der Waals surface area contributed by atoms with Gasteiger partial charge in [0.1, 0.15) is 21.5 Å². The van der Waals surface area contributed by atoms with E-state index < -0.39 is 5.95 Å². The Labute approximate surface area is 168 Å². The maximum absolute atomic E-state index is 14.1. The Hall–Kier alpha value is -1.76. The number of nitrogens with zero attached hydrogens (tertiary/aromatic N) is 1. The number of unbranched alkanes of at least 4 members (excludes halogenated alkanes) is 1. The topological polar surface area (TPSA) is 63.6 Å². The lowest BCUT2D eigenvalue weighted by Gasteiger charge is -2.15. The largest absolute Gasteiger partial charge is 0.508 e. The van der Waals surface area contributed by atoms with E-state index in [0.29, 0.717) is 24.5 Å². The minimum Gasteiger partial charge on any atom is -0.508 e. The average molecular weight is 417 g/mol. The molecule has 1 aromatic heterocycles. The fraction of sp³-hybridized carbons (Fsp3) is 0.421. The molecule has 0 aliphatic carbocycles. The van der Waals surface area contributed by atoms with Crippen molar-refractivity contribution in [1.82, 2.24) is 4.98 Å². The van der Waals surface area contributed by atoms with Gasteiger partial charge in [0, 0.05) is 25.8 Å². The number of pyridine rings is 1. The first-order chi connectivity index (χ1) is 12.8. The number of aromatic hydroxyl groups is 1. The Bertz CT molecular complexity index is 788. The molecule has 1 aromatic carbocycles. The van der Waals surface area contributed by atoms with Crippen LogP contribution in [0.15, 0.2) is 18.2 Å². The molecule has 2 N–H and O–H groups in total. The molecule has 0 unspecified atom stereocenters. The van der Waals surface area contributed by atoms with Crippen LogP contribution in [0.25, 0.3) is 0 Å². The van der Waals surface area contributed by atoms with Crippen LogP contribution < -0.4 is 10.1 Å². The summed E-state index contributed by atoms with van der Waals surface area (Å²) >= 11 is 12.4. The Morgan fingerprint density at radius 2 is 1.96 bits per heavy atom. The van der Waals surface area contributed by atoms with Crippen LogP contribution in [0.1, 0.15) is 38.2 Å². The van der Waals surface area contributed by atoms with Crippen LogP contribution in [0.4, 0.5) is 10.2 Å². The van der Waals surface area contributed by atoms with Crippen LogP contribution in [0.3, 0.4) is 0 Å². The predicted octanol–water partition coefficient (Wildman–Crippen LogP) is 5.99. The van der Waals surface area contributed by atoms with Gasteiger partial charge in [0.2, 0.25) is 5.95 Å². The number of aromatic nitrogens is 1. The molecule has 0 amide bonds. The Kier molecular flexibility index (Phi) is 7.95. The van der Waals surface area contributed by atoms with E-state index in [-0.39, 0.29) is 33.3 Å². The van der Waals surface area contributed by atoms with E-state index in [2.05, 4.69) is 10.3 Å². The molecule has 0 saturated heterocycles. The van der Waals surface area contributed by atoms with Crippen molar-refractivity contribution in [3.63, 3.8) is 0 Å². The highest BCUT2D eigenvalue weighted by molar-refractivity contribution is 6.38. The normalized spacial score (nSPS) is 11.1. The SMILES string of the molecule is COCCCCNc1nc(F)c(Cl)c(Oc2ccc(O)c(C(C)C)c2)c1Cl. The number of phenols is 1. The van der Waals surface area contributed by atoms with Gasteiger partial charge < -0.3 is 19.9 Å². The van der Waals surface area contributed by atoms with Crippen molar-refractivity contribution in [2.45, 2.75) is 32.6 Å². The lowest BCUT2D eigenvalue weighted by molar-refractivity contribution is 0.194. The van der Waals surface area contributed by atoms with Crippen LogP contribution in [0, 0.1) is 5.95 Å². The summed E-state index contributed by atoms with van der Waals surface area (Å²) in [5.74, 6) is -0.110. The fourth-order valence-corrected chi connectivity index (χ4v) is 2.92. The van der Waals surface area contributed by atoms with Crippen LogP contribution in [-0.4, -0.2) is 30.4 Å². The summed E-state index contributed by atoms with van der Waals surface area (Å²) in [7, 11) is 1.64. The maximum atomic E-state index is 14.1. The van der Waals surface area contributed by atoms with Crippen molar-refractivity contribution in [2.75, 3.05) is 25.6 Å². The van der Waals surface area contributed by atoms with Crippen LogP contribution in [-0.2, 0) is 4.74 Å². The standard InChI is InChI=1S/C19H23Cl2FN2O3/c1-11(2)13-10-12(6-7-14(13)25)27-17-15(20)18(22)24-19(16(17)21)23-8-4-5-9-26-3/h6-7,10-11,25H,4-5,8-9H2,1-3H3,(H,23,24). The first-order valence-corrected chi connectivity index (χ1v) is 9.38. The summed E-state index contributed by atoms with van der Waals surface area (Å²) < 4.78 is 24.9. The molecule has 0 spiro atoms. The summed E-state index contributed by atoms with van der Waals surface area (Å²) in [6.07, 6.45) is 1.66. The predicted molar refractivity (Wildman–Crippen MR) is 106 cm³/mol. The molecule has 0 saturated carbocycles. The van der Waals surface area contributed by atoms with Gasteiger partial charge in [-0.15, -0.1) is 0 Å². The van der Waals surface area contributed by atoms with Crippen LogP contribution >= 0.6 is 23.2 Å². The number of hydrogen-bond acceptors (Lipinski definition) is 5. The highest BCUT2D eigenvalue weighted by Gasteiger charge is 2.20. The number of rotatable bonds is 9. The lowest BCUT2D eigenvalue weighted by Crippen LogP contribution is -2.07. The van der Waals surface area contributed by atoms with Gasteiger partial charge >= 0.3 is 0 Å². The van der Waals surface area contributed by atoms with Crippen molar-refractivity contribution in [3.05, 3.63) is 39.8 Å². The van der Waals surface area contributed by atoms with E-state index in [4.69, 9.17) is 32.7 Å². The molecule has 0 fully saturated rings. The van der Waals surface area contributed by atoms with Crippen molar-refractivity contribution >= 4 is 29.0 Å². The molecule has 2 aromatic rings. The number of phenolic OH excluding ortho intramolecular Hbond substituents is 1. The highest BCUT2D eigenvalue weighted by atomic mass is 35.5. The van der Waals surface area contributed by atoms with Gasteiger partial charge in [-0.05, 0) is 37.0 Å². The van der Waals surface area contributed by atoms with Crippen LogP contribution in [0.2, 0.25) is 10.0 Å². The number of anilines is 1. The first kappa shape index (κ1) is 21.5. The Morgan fingerprint density at radius 1 is 1.22 bits per heavy atom. The highest BCUT2D eigenvalue weighted by Crippen LogP contribution is 2.42. The molecule has 0 aliphatic rings. The Balaban J connectivity index is 2.24. The lowest BCUT2D eigenvalue weighted by atomic mass is 10.0. The second-order valence-electron chi connectivity index (χ2n) is 6.31. The molecule has 0 aliphatic heterocycles. The third-order valence-corrected chi connectivity index (χ3v) is 4.58. The van der Waals surface area contributed by atoms with E-state index in [1.54, 1.807) is 19.2 Å². The van der Waals surface area contributed by atoms with Gasteiger partial charge in [0.05, 0.1) is 0 Å². The van der Waals surface area contributed by atoms with Gasteiger partial charge in [0.25, 0.3) is 0 Å². The van der Waals surface area contributed by atoms with E-state index >= 15 is 0 Å². The maximum Gasteiger partial charge on any atom is 0.237 e. The van der Waals surface area contributed by atoms with Crippen molar-refractivity contribution in [3.8, 4) is 17.2 Å². The van der Waals surface area contributed by atoms with Gasteiger partial charge in [-0.25, -0.2) is 0 Å². The quantitative estimate of drug-likeness (QED) is 0.388. The van der Waals surface area contributed by atoms with Crippen molar-refractivity contribution in [2.24, 2.45) is 0 Å². The summed E-state index contributed by atoms with van der Waals surface area (Å²) in [4.78, 5) is 3.76. The Morgan fingerprint density at radius 3 is 2.63 bits per heavy atom. The molecule has 1 heterocycles. The smallest absolute Gasteiger partial charge is 0.237 e. The van der Waals surface area contributed by atoms with Gasteiger partial charge in [-0.1, -0.05) is 37.0 Å². The molecular formula is C19H23Cl2FN2O3. The summed E-state index contributed by atoms with van der Waals surface area (Å²) in [6.45, 7) is 5.07. The monoisotopic (exact) mass is 416 g/mol. The van der Waals surface area contributed by atoms with E-state index in [9.17, 15) is 9.50 Å². The van der Waals surface area contributed by atoms with Gasteiger partial charge in [-0.2, -0.15) is 9.37 Å². The van der Waals surface area contributed by atoms with Gasteiger partial charge in [0.15, 0.2) is 11.6 Å². The zero-order valence-electron chi connectivity index (χ0n) is 15.5. The molecule has 0 atom stereocenters. The number of hydrogen-bond donors (Lipinski definition) is 2. The van der Waals surface area contributed by atoms with E-state index in [1.165, 1.54) is 6.07 Å². The number of ether oxygens (including phenoxy) is 2. The molecular weight excluding hydrogens is 394 g/mol. The second kappa shape index (κ2) is 9.97. The molecule has 148 valence electrons. The summed E-state index contributed by atoms with van der Waals surface area (Å²) in [6, 6.07) is 4.74. The summed E-state index contributed by atoms with van der Waals surface area (Å²) in [5.41, 5.74) is 0.700. The molecule has 2 rings (SSSR count). The van der Waals surface area contributed by atoms with E-state index in [0.717, 1.165) is 12.8 Å². The van der Waals surface area contributed by atoms with Crippen LogP contribution in [0.5, 0.6) is 17.2 Å². The zero-order chi connectivity index (χ0) is 20.0. The third-order valence-electron chi connectivity index (χ3n) is 3.91. The first-order valence-electron chi connectivity index (χ1n) is 8.63. The van der Waals surface area contributed by atoms with Crippen molar-refractivity contribution in [1.29, 1.82) is 0 Å². The average Bonchev–Trinajstić information content (AvgIpc) is 2.63. The molecule has 5 nitrogen and oxygen atoms in total. The van der Waals surface area contributed by atoms with Gasteiger partial charge in [-0.3, -0.25) is 0 Å². The number of halogens is 3. The zero-order valence-corrected chi connectivity index (χ0v) is 17.0. The van der Waals surface area contributed by atoms with E-state index in [1.807, 2.05) is 13.8 Å². The third kappa shape index (κ3) is 5.61.